The Balaban J connectivity index is 2.28. The molecule has 0 fully saturated rings. The predicted molar refractivity (Wildman–Crippen MR) is 83.2 cm³/mol. The van der Waals surface area contributed by atoms with Crippen molar-refractivity contribution in [1.29, 1.82) is 0 Å². The fourth-order valence-electron chi connectivity index (χ4n) is 1.70. The zero-order valence-corrected chi connectivity index (χ0v) is 12.9. The zero-order valence-electron chi connectivity index (χ0n) is 10.5. The molecule has 2 rings (SSSR count). The fourth-order valence-corrected chi connectivity index (χ4v) is 3.19. The Morgan fingerprint density at radius 1 is 1.45 bits per heavy atom. The molecule has 0 radical (unpaired) electrons. The van der Waals surface area contributed by atoms with Crippen LogP contribution >= 0.6 is 34.5 Å². The highest BCUT2D eigenvalue weighted by Gasteiger charge is 2.15. The fraction of sp³-hybridized carbons (Fsp3) is 0.167. The molecule has 2 aromatic heterocycles. The van der Waals surface area contributed by atoms with Gasteiger partial charge in [0.25, 0.3) is 0 Å². The second-order valence-electron chi connectivity index (χ2n) is 4.04. The second kappa shape index (κ2) is 6.30. The Bertz CT molecular complexity index is 644. The number of aromatic nitrogens is 1. The molecule has 8 heteroatoms. The maximum absolute atomic E-state index is 8.74. The third-order valence-corrected chi connectivity index (χ3v) is 4.23. The number of nitrogens with zero attached hydrogens (tertiary/aromatic N) is 3. The van der Waals surface area contributed by atoms with Gasteiger partial charge in [-0.3, -0.25) is 0 Å². The number of thiophene rings is 1. The van der Waals surface area contributed by atoms with E-state index in [1.54, 1.807) is 12.3 Å². The van der Waals surface area contributed by atoms with E-state index in [1.807, 2.05) is 24.1 Å². The topological polar surface area (TPSA) is 74.7 Å². The highest BCUT2D eigenvalue weighted by atomic mass is 35.5. The SMILES string of the molecule is CN(Cc1ccc(Cl)s1)c1nccc(/C(N)=N/O)c1Cl. The number of anilines is 1. The van der Waals surface area contributed by atoms with Crippen LogP contribution in [0.5, 0.6) is 0 Å². The molecule has 0 saturated heterocycles. The molecule has 0 aromatic carbocycles. The van der Waals surface area contributed by atoms with Crippen molar-refractivity contribution in [3.63, 3.8) is 0 Å². The minimum Gasteiger partial charge on any atom is -0.409 e. The van der Waals surface area contributed by atoms with Crippen LogP contribution in [0.1, 0.15) is 10.4 Å². The summed E-state index contributed by atoms with van der Waals surface area (Å²) >= 11 is 13.7. The lowest BCUT2D eigenvalue weighted by atomic mass is 10.2. The smallest absolute Gasteiger partial charge is 0.171 e. The average molecular weight is 331 g/mol. The van der Waals surface area contributed by atoms with Crippen LogP contribution in [0.3, 0.4) is 0 Å². The molecule has 0 saturated carbocycles. The van der Waals surface area contributed by atoms with Crippen molar-refractivity contribution in [1.82, 2.24) is 4.98 Å². The van der Waals surface area contributed by atoms with Crippen LogP contribution in [0.25, 0.3) is 0 Å². The first-order valence-electron chi connectivity index (χ1n) is 5.60. The number of halogens is 2. The molecule has 0 bridgehead atoms. The third-order valence-electron chi connectivity index (χ3n) is 2.64. The van der Waals surface area contributed by atoms with Gasteiger partial charge in [-0.15, -0.1) is 11.3 Å². The van der Waals surface area contributed by atoms with Gasteiger partial charge in [0.15, 0.2) is 5.84 Å². The number of oxime groups is 1. The molecule has 0 amide bonds. The van der Waals surface area contributed by atoms with Gasteiger partial charge in [-0.25, -0.2) is 4.98 Å². The summed E-state index contributed by atoms with van der Waals surface area (Å²) in [6.07, 6.45) is 1.56. The van der Waals surface area contributed by atoms with Crippen molar-refractivity contribution in [2.45, 2.75) is 6.54 Å². The Kier molecular flexibility index (Phi) is 4.69. The van der Waals surface area contributed by atoms with E-state index >= 15 is 0 Å². The molecular formula is C12H12Cl2N4OS. The summed E-state index contributed by atoms with van der Waals surface area (Å²) in [5.74, 6) is 0.506. The van der Waals surface area contributed by atoms with Crippen molar-refractivity contribution in [2.75, 3.05) is 11.9 Å². The van der Waals surface area contributed by atoms with Gasteiger partial charge in [-0.1, -0.05) is 28.4 Å². The first kappa shape index (κ1) is 14.9. The van der Waals surface area contributed by atoms with Crippen molar-refractivity contribution >= 4 is 46.2 Å². The molecule has 0 atom stereocenters. The van der Waals surface area contributed by atoms with Gasteiger partial charge in [-0.2, -0.15) is 0 Å². The quantitative estimate of drug-likeness (QED) is 0.390. The van der Waals surface area contributed by atoms with Crippen LogP contribution in [0.2, 0.25) is 9.36 Å². The monoisotopic (exact) mass is 330 g/mol. The zero-order chi connectivity index (χ0) is 14.7. The summed E-state index contributed by atoms with van der Waals surface area (Å²) in [5, 5.41) is 12.0. The molecule has 0 aliphatic rings. The normalized spacial score (nSPS) is 11.7. The van der Waals surface area contributed by atoms with Gasteiger partial charge in [-0.05, 0) is 18.2 Å². The van der Waals surface area contributed by atoms with E-state index < -0.39 is 0 Å². The van der Waals surface area contributed by atoms with Crippen LogP contribution in [-0.2, 0) is 6.54 Å². The van der Waals surface area contributed by atoms with Crippen LogP contribution in [0, 0.1) is 0 Å². The molecule has 2 aromatic rings. The van der Waals surface area contributed by atoms with E-state index in [4.69, 9.17) is 34.1 Å². The molecule has 106 valence electrons. The van der Waals surface area contributed by atoms with Gasteiger partial charge in [0.05, 0.1) is 15.9 Å². The Morgan fingerprint density at radius 2 is 2.20 bits per heavy atom. The Labute approximate surface area is 130 Å². The van der Waals surface area contributed by atoms with E-state index in [0.717, 1.165) is 9.21 Å². The van der Waals surface area contributed by atoms with Crippen LogP contribution < -0.4 is 10.6 Å². The summed E-state index contributed by atoms with van der Waals surface area (Å²) in [6, 6.07) is 5.39. The number of rotatable bonds is 4. The van der Waals surface area contributed by atoms with Crippen molar-refractivity contribution in [3.8, 4) is 0 Å². The van der Waals surface area contributed by atoms with E-state index in [2.05, 4.69) is 10.1 Å². The first-order valence-corrected chi connectivity index (χ1v) is 7.18. The molecule has 3 N–H and O–H groups in total. The number of nitrogens with two attached hydrogens (primary N) is 1. The van der Waals surface area contributed by atoms with Crippen LogP contribution in [-0.4, -0.2) is 23.1 Å². The lowest BCUT2D eigenvalue weighted by Gasteiger charge is -2.19. The minimum atomic E-state index is -0.0498. The molecule has 0 spiro atoms. The highest BCUT2D eigenvalue weighted by molar-refractivity contribution is 7.16. The molecule has 0 unspecified atom stereocenters. The van der Waals surface area contributed by atoms with E-state index in [-0.39, 0.29) is 5.84 Å². The third kappa shape index (κ3) is 3.15. The number of pyridine rings is 1. The van der Waals surface area contributed by atoms with Gasteiger partial charge in [0.2, 0.25) is 0 Å². The summed E-state index contributed by atoms with van der Waals surface area (Å²) in [5.41, 5.74) is 6.01. The van der Waals surface area contributed by atoms with Gasteiger partial charge in [0, 0.05) is 23.7 Å². The highest BCUT2D eigenvalue weighted by Crippen LogP contribution is 2.29. The van der Waals surface area contributed by atoms with Crippen molar-refractivity contribution in [3.05, 3.63) is 44.2 Å². The lowest BCUT2D eigenvalue weighted by Crippen LogP contribution is -2.20. The van der Waals surface area contributed by atoms with Crippen molar-refractivity contribution in [2.24, 2.45) is 10.9 Å². The van der Waals surface area contributed by atoms with Crippen LogP contribution in [0.4, 0.5) is 5.82 Å². The minimum absolute atomic E-state index is 0.0498. The predicted octanol–water partition coefficient (Wildman–Crippen LogP) is 3.18. The standard InChI is InChI=1S/C12H12Cl2N4OS/c1-18(6-7-2-3-9(13)20-7)12-10(14)8(4-5-16-12)11(15)17-19/h2-5,19H,6H2,1H3,(H2,15,17). The Hall–Kier alpha value is -1.50. The molecule has 0 aliphatic heterocycles. The van der Waals surface area contributed by atoms with E-state index in [9.17, 15) is 0 Å². The molecule has 0 aliphatic carbocycles. The van der Waals surface area contributed by atoms with E-state index in [1.165, 1.54) is 11.3 Å². The maximum Gasteiger partial charge on any atom is 0.171 e. The summed E-state index contributed by atoms with van der Waals surface area (Å²) < 4.78 is 0.734. The lowest BCUT2D eigenvalue weighted by molar-refractivity contribution is 0.318. The molecule has 5 nitrogen and oxygen atoms in total. The molecular weight excluding hydrogens is 319 g/mol. The summed E-state index contributed by atoms with van der Waals surface area (Å²) in [7, 11) is 1.86. The second-order valence-corrected chi connectivity index (χ2v) is 6.22. The molecule has 2 heterocycles. The average Bonchev–Trinajstić information content (AvgIpc) is 2.83. The largest absolute Gasteiger partial charge is 0.409 e. The van der Waals surface area contributed by atoms with Gasteiger partial charge < -0.3 is 15.8 Å². The van der Waals surface area contributed by atoms with Crippen molar-refractivity contribution < 1.29 is 5.21 Å². The number of amidine groups is 1. The maximum atomic E-state index is 8.74. The van der Waals surface area contributed by atoms with Gasteiger partial charge in [0.1, 0.15) is 5.82 Å². The summed E-state index contributed by atoms with van der Waals surface area (Å²) in [4.78, 5) is 7.19. The Morgan fingerprint density at radius 3 is 2.80 bits per heavy atom. The van der Waals surface area contributed by atoms with E-state index in [0.29, 0.717) is 22.9 Å². The number of hydrogen-bond donors (Lipinski definition) is 2. The molecule has 20 heavy (non-hydrogen) atoms. The van der Waals surface area contributed by atoms with Crippen LogP contribution in [0.15, 0.2) is 29.6 Å². The summed E-state index contributed by atoms with van der Waals surface area (Å²) in [6.45, 7) is 0.615. The first-order chi connectivity index (χ1) is 9.52. The van der Waals surface area contributed by atoms with Gasteiger partial charge >= 0.3 is 0 Å². The number of hydrogen-bond acceptors (Lipinski definition) is 5.